The molecule has 7 heteroatoms. The van der Waals surface area contributed by atoms with E-state index in [0.717, 1.165) is 10.9 Å². The van der Waals surface area contributed by atoms with Gasteiger partial charge in [-0.2, -0.15) is 0 Å². The molecule has 138 valence electrons. The number of hydrogen-bond acceptors (Lipinski definition) is 4. The summed E-state index contributed by atoms with van der Waals surface area (Å²) in [5, 5.41) is 3.56. The fourth-order valence-corrected chi connectivity index (χ4v) is 2.99. The molecule has 1 amide bonds. The van der Waals surface area contributed by atoms with Gasteiger partial charge >= 0.3 is 0 Å². The number of carbonyl (C=O) groups is 1. The van der Waals surface area contributed by atoms with E-state index in [0.29, 0.717) is 35.5 Å². The predicted octanol–water partition coefficient (Wildman–Crippen LogP) is 2.64. The molecule has 1 aliphatic heterocycles. The van der Waals surface area contributed by atoms with E-state index in [1.165, 1.54) is 12.1 Å². The van der Waals surface area contributed by atoms with Crippen molar-refractivity contribution >= 4 is 16.8 Å². The summed E-state index contributed by atoms with van der Waals surface area (Å²) in [7, 11) is 0. The molecule has 1 aliphatic rings. The van der Waals surface area contributed by atoms with Crippen molar-refractivity contribution in [1.82, 2.24) is 10.3 Å². The number of aromatic nitrogens is 1. The topological polar surface area (TPSA) is 80.4 Å². The molecule has 0 saturated carbocycles. The van der Waals surface area contributed by atoms with Gasteiger partial charge in [0.1, 0.15) is 5.82 Å². The molecular weight excluding hydrogens is 351 g/mol. The number of aromatic amines is 1. The quantitative estimate of drug-likeness (QED) is 0.726. The third kappa shape index (κ3) is 3.76. The third-order valence-electron chi connectivity index (χ3n) is 4.43. The Balaban J connectivity index is 1.36. The standard InChI is InChI=1S/C20H17FN2O4/c21-15-4-2-13-8-14(20(25)23-16(13)9-15)3-6-19(24)22-10-12-1-5-17-18(7-12)27-11-26-17/h1-2,4-5,7-9H,3,6,10-11H2,(H,22,24)(H,23,25). The molecule has 2 aromatic carbocycles. The number of H-pyrrole nitrogens is 1. The third-order valence-corrected chi connectivity index (χ3v) is 4.43. The molecule has 2 N–H and O–H groups in total. The van der Waals surface area contributed by atoms with Crippen molar-refractivity contribution in [2.24, 2.45) is 0 Å². The number of carbonyl (C=O) groups excluding carboxylic acids is 1. The van der Waals surface area contributed by atoms with Crippen LogP contribution in [0.25, 0.3) is 10.9 Å². The lowest BCUT2D eigenvalue weighted by molar-refractivity contribution is -0.121. The van der Waals surface area contributed by atoms with E-state index >= 15 is 0 Å². The Kier molecular flexibility index (Phi) is 4.50. The fourth-order valence-electron chi connectivity index (χ4n) is 2.99. The average molecular weight is 368 g/mol. The maximum absolute atomic E-state index is 13.2. The molecule has 0 radical (unpaired) electrons. The number of rotatable bonds is 5. The second-order valence-corrected chi connectivity index (χ2v) is 6.32. The number of amides is 1. The molecule has 1 aromatic heterocycles. The SMILES string of the molecule is O=C(CCc1cc2ccc(F)cc2[nH]c1=O)NCc1ccc2c(c1)OCO2. The Morgan fingerprint density at radius 2 is 1.96 bits per heavy atom. The number of aryl methyl sites for hydroxylation is 1. The maximum Gasteiger partial charge on any atom is 0.251 e. The van der Waals surface area contributed by atoms with Crippen LogP contribution in [0.1, 0.15) is 17.5 Å². The number of benzene rings is 2. The summed E-state index contributed by atoms with van der Waals surface area (Å²) in [6.07, 6.45) is 0.482. The van der Waals surface area contributed by atoms with Crippen molar-refractivity contribution in [3.8, 4) is 11.5 Å². The Labute approximate surface area is 153 Å². The highest BCUT2D eigenvalue weighted by atomic mass is 19.1. The van der Waals surface area contributed by atoms with Crippen LogP contribution < -0.4 is 20.3 Å². The van der Waals surface area contributed by atoms with Gasteiger partial charge in [0.05, 0.1) is 5.52 Å². The number of nitrogens with one attached hydrogen (secondary N) is 2. The molecule has 0 bridgehead atoms. The molecule has 27 heavy (non-hydrogen) atoms. The Hall–Kier alpha value is -3.35. The van der Waals surface area contributed by atoms with Crippen molar-refractivity contribution < 1.29 is 18.7 Å². The van der Waals surface area contributed by atoms with Crippen LogP contribution in [-0.2, 0) is 17.8 Å². The highest BCUT2D eigenvalue weighted by molar-refractivity contribution is 5.79. The first-order valence-corrected chi connectivity index (χ1v) is 8.55. The van der Waals surface area contributed by atoms with E-state index in [1.807, 2.05) is 12.1 Å². The molecular formula is C20H17FN2O4. The van der Waals surface area contributed by atoms with Crippen LogP contribution in [0.5, 0.6) is 11.5 Å². The molecule has 3 aromatic rings. The van der Waals surface area contributed by atoms with Crippen LogP contribution in [-0.4, -0.2) is 17.7 Å². The van der Waals surface area contributed by atoms with Crippen LogP contribution in [0.15, 0.2) is 47.3 Å². The lowest BCUT2D eigenvalue weighted by Crippen LogP contribution is -2.24. The Morgan fingerprint density at radius 1 is 1.11 bits per heavy atom. The smallest absolute Gasteiger partial charge is 0.251 e. The van der Waals surface area contributed by atoms with Crippen LogP contribution in [0.2, 0.25) is 0 Å². The summed E-state index contributed by atoms with van der Waals surface area (Å²) in [5.41, 5.74) is 1.53. The van der Waals surface area contributed by atoms with E-state index < -0.39 is 5.82 Å². The van der Waals surface area contributed by atoms with Crippen LogP contribution in [0.4, 0.5) is 4.39 Å². The van der Waals surface area contributed by atoms with Crippen LogP contribution >= 0.6 is 0 Å². The molecule has 2 heterocycles. The van der Waals surface area contributed by atoms with Gasteiger partial charge in [-0.25, -0.2) is 4.39 Å². The van der Waals surface area contributed by atoms with Gasteiger partial charge in [-0.3, -0.25) is 9.59 Å². The van der Waals surface area contributed by atoms with Crippen molar-refractivity contribution in [1.29, 1.82) is 0 Å². The minimum Gasteiger partial charge on any atom is -0.454 e. The van der Waals surface area contributed by atoms with Gasteiger partial charge in [-0.05, 0) is 53.8 Å². The van der Waals surface area contributed by atoms with Gasteiger partial charge in [-0.1, -0.05) is 6.07 Å². The Morgan fingerprint density at radius 3 is 2.85 bits per heavy atom. The lowest BCUT2D eigenvalue weighted by atomic mass is 10.1. The predicted molar refractivity (Wildman–Crippen MR) is 97.3 cm³/mol. The van der Waals surface area contributed by atoms with Gasteiger partial charge in [0.2, 0.25) is 12.7 Å². The van der Waals surface area contributed by atoms with E-state index in [9.17, 15) is 14.0 Å². The maximum atomic E-state index is 13.2. The van der Waals surface area contributed by atoms with E-state index in [2.05, 4.69) is 10.3 Å². The van der Waals surface area contributed by atoms with Gasteiger partial charge in [0, 0.05) is 18.5 Å². The van der Waals surface area contributed by atoms with Gasteiger partial charge in [-0.15, -0.1) is 0 Å². The molecule has 0 fully saturated rings. The van der Waals surface area contributed by atoms with Crippen LogP contribution in [0.3, 0.4) is 0 Å². The summed E-state index contributed by atoms with van der Waals surface area (Å²) in [5.74, 6) is 0.793. The van der Waals surface area contributed by atoms with Crippen molar-refractivity contribution in [2.75, 3.05) is 6.79 Å². The number of ether oxygens (including phenoxy) is 2. The zero-order valence-electron chi connectivity index (χ0n) is 14.4. The zero-order chi connectivity index (χ0) is 18.8. The first-order chi connectivity index (χ1) is 13.1. The minimum atomic E-state index is -0.409. The molecule has 0 atom stereocenters. The molecule has 0 saturated heterocycles. The largest absolute Gasteiger partial charge is 0.454 e. The molecule has 6 nitrogen and oxygen atoms in total. The second-order valence-electron chi connectivity index (χ2n) is 6.32. The summed E-state index contributed by atoms with van der Waals surface area (Å²) in [6, 6.07) is 11.4. The van der Waals surface area contributed by atoms with E-state index in [1.54, 1.807) is 18.2 Å². The minimum absolute atomic E-state index is 0.161. The van der Waals surface area contributed by atoms with Gasteiger partial charge in [0.25, 0.3) is 5.56 Å². The molecule has 0 spiro atoms. The van der Waals surface area contributed by atoms with Crippen molar-refractivity contribution in [3.05, 3.63) is 69.8 Å². The summed E-state index contributed by atoms with van der Waals surface area (Å²) < 4.78 is 23.8. The number of fused-ring (bicyclic) bond motifs is 2. The average Bonchev–Trinajstić information content (AvgIpc) is 3.12. The van der Waals surface area contributed by atoms with Gasteiger partial charge < -0.3 is 19.8 Å². The zero-order valence-corrected chi connectivity index (χ0v) is 14.4. The Bertz CT molecular complexity index is 1080. The van der Waals surface area contributed by atoms with Crippen molar-refractivity contribution in [3.63, 3.8) is 0 Å². The highest BCUT2D eigenvalue weighted by Gasteiger charge is 2.13. The normalized spacial score (nSPS) is 12.3. The summed E-state index contributed by atoms with van der Waals surface area (Å²) in [4.78, 5) is 26.9. The second kappa shape index (κ2) is 7.11. The first kappa shape index (κ1) is 17.1. The number of hydrogen-bond donors (Lipinski definition) is 2. The van der Waals surface area contributed by atoms with E-state index in [4.69, 9.17) is 9.47 Å². The summed E-state index contributed by atoms with van der Waals surface area (Å²) >= 11 is 0. The molecule has 0 aliphatic carbocycles. The fraction of sp³-hybridized carbons (Fsp3) is 0.200. The van der Waals surface area contributed by atoms with E-state index in [-0.39, 0.29) is 24.7 Å². The highest BCUT2D eigenvalue weighted by Crippen LogP contribution is 2.32. The molecule has 4 rings (SSSR count). The number of halogens is 1. The molecule has 0 unspecified atom stereocenters. The van der Waals surface area contributed by atoms with Crippen molar-refractivity contribution in [2.45, 2.75) is 19.4 Å². The lowest BCUT2D eigenvalue weighted by Gasteiger charge is -2.07. The monoisotopic (exact) mass is 368 g/mol. The van der Waals surface area contributed by atoms with Crippen LogP contribution in [0, 0.1) is 5.82 Å². The first-order valence-electron chi connectivity index (χ1n) is 8.55. The number of pyridine rings is 1. The van der Waals surface area contributed by atoms with Gasteiger partial charge in [0.15, 0.2) is 11.5 Å². The summed E-state index contributed by atoms with van der Waals surface area (Å²) in [6.45, 7) is 0.570.